The number of hydrogen-bond donors (Lipinski definition) is 1. The Morgan fingerprint density at radius 2 is 2.25 bits per heavy atom. The van der Waals surface area contributed by atoms with Gasteiger partial charge in [0.15, 0.2) is 0 Å². The zero-order chi connectivity index (χ0) is 11.6. The van der Waals surface area contributed by atoms with Crippen molar-refractivity contribution in [2.45, 2.75) is 57.7 Å². The van der Waals surface area contributed by atoms with Crippen LogP contribution >= 0.6 is 0 Å². The van der Waals surface area contributed by atoms with E-state index in [1.807, 2.05) is 0 Å². The lowest BCUT2D eigenvalue weighted by molar-refractivity contribution is 0.0320. The van der Waals surface area contributed by atoms with Crippen molar-refractivity contribution >= 4 is 0 Å². The Kier molecular flexibility index (Phi) is 3.88. The molecule has 3 heteroatoms. The average molecular weight is 226 g/mol. The number of rotatable bonds is 2. The minimum Gasteiger partial charge on any atom is -0.377 e. The van der Waals surface area contributed by atoms with E-state index in [9.17, 15) is 0 Å². The van der Waals surface area contributed by atoms with Gasteiger partial charge in [0.2, 0.25) is 0 Å². The number of ether oxygens (including phenoxy) is 1. The van der Waals surface area contributed by atoms with E-state index < -0.39 is 0 Å². The van der Waals surface area contributed by atoms with E-state index in [1.165, 1.54) is 19.3 Å². The van der Waals surface area contributed by atoms with Gasteiger partial charge in [-0.1, -0.05) is 0 Å². The third kappa shape index (κ3) is 2.96. The molecule has 2 aliphatic rings. The minimum atomic E-state index is 0.309. The molecule has 2 heterocycles. The molecule has 3 nitrogen and oxygen atoms in total. The van der Waals surface area contributed by atoms with Gasteiger partial charge in [0.1, 0.15) is 0 Å². The highest BCUT2D eigenvalue weighted by Crippen LogP contribution is 2.24. The van der Waals surface area contributed by atoms with E-state index in [4.69, 9.17) is 4.74 Å². The van der Waals surface area contributed by atoms with Crippen LogP contribution in [0.15, 0.2) is 0 Å². The van der Waals surface area contributed by atoms with Crippen LogP contribution in [0.3, 0.4) is 0 Å². The summed E-state index contributed by atoms with van der Waals surface area (Å²) in [7, 11) is 0. The fourth-order valence-electron chi connectivity index (χ4n) is 2.78. The van der Waals surface area contributed by atoms with Crippen molar-refractivity contribution < 1.29 is 4.74 Å². The molecule has 1 N–H and O–H groups in total. The first-order valence-corrected chi connectivity index (χ1v) is 6.68. The van der Waals surface area contributed by atoms with Crippen LogP contribution in [-0.4, -0.2) is 48.8 Å². The lowest BCUT2D eigenvalue weighted by Crippen LogP contribution is -2.49. The Morgan fingerprint density at radius 1 is 1.44 bits per heavy atom. The van der Waals surface area contributed by atoms with E-state index in [-0.39, 0.29) is 0 Å². The summed E-state index contributed by atoms with van der Waals surface area (Å²) in [6, 6.07) is 0.600. The highest BCUT2D eigenvalue weighted by atomic mass is 16.5. The SMILES string of the molecule is CC1CN(CC2CCCO2)C(C)(C)CCN1. The molecular formula is C13H26N2O. The van der Waals surface area contributed by atoms with Crippen LogP contribution in [0.25, 0.3) is 0 Å². The lowest BCUT2D eigenvalue weighted by atomic mass is 9.97. The predicted octanol–water partition coefficient (Wildman–Crippen LogP) is 1.63. The van der Waals surface area contributed by atoms with Crippen LogP contribution in [0.4, 0.5) is 0 Å². The molecule has 2 fully saturated rings. The maximum absolute atomic E-state index is 5.76. The van der Waals surface area contributed by atoms with Crippen molar-refractivity contribution in [2.24, 2.45) is 0 Å². The number of hydrogen-bond acceptors (Lipinski definition) is 3. The van der Waals surface area contributed by atoms with E-state index in [2.05, 4.69) is 31.0 Å². The fourth-order valence-corrected chi connectivity index (χ4v) is 2.78. The summed E-state index contributed by atoms with van der Waals surface area (Å²) in [6.07, 6.45) is 4.19. The number of nitrogens with one attached hydrogen (secondary N) is 1. The van der Waals surface area contributed by atoms with Gasteiger partial charge < -0.3 is 10.1 Å². The van der Waals surface area contributed by atoms with Gasteiger partial charge in [-0.15, -0.1) is 0 Å². The molecule has 0 amide bonds. The zero-order valence-corrected chi connectivity index (χ0v) is 11.0. The Labute approximate surface area is 99.5 Å². The molecule has 0 bridgehead atoms. The van der Waals surface area contributed by atoms with Gasteiger partial charge in [-0.25, -0.2) is 0 Å². The second kappa shape index (κ2) is 5.03. The van der Waals surface area contributed by atoms with Crippen molar-refractivity contribution in [3.63, 3.8) is 0 Å². The average Bonchev–Trinajstić information content (AvgIpc) is 2.64. The summed E-state index contributed by atoms with van der Waals surface area (Å²) >= 11 is 0. The molecule has 0 saturated carbocycles. The predicted molar refractivity (Wildman–Crippen MR) is 66.7 cm³/mol. The first-order chi connectivity index (χ1) is 7.58. The van der Waals surface area contributed by atoms with Crippen LogP contribution in [0.5, 0.6) is 0 Å². The summed E-state index contributed by atoms with van der Waals surface area (Å²) in [5.74, 6) is 0. The largest absolute Gasteiger partial charge is 0.377 e. The van der Waals surface area contributed by atoms with Gasteiger partial charge in [0.05, 0.1) is 6.10 Å². The number of nitrogens with zero attached hydrogens (tertiary/aromatic N) is 1. The standard InChI is InChI=1S/C13H26N2O/c1-11-9-15(10-12-5-4-8-16-12)13(2,3)6-7-14-11/h11-12,14H,4-10H2,1-3H3. The van der Waals surface area contributed by atoms with E-state index in [0.717, 1.165) is 26.2 Å². The van der Waals surface area contributed by atoms with Crippen molar-refractivity contribution in [1.82, 2.24) is 10.2 Å². The molecule has 2 aliphatic heterocycles. The maximum atomic E-state index is 5.76. The van der Waals surface area contributed by atoms with Crippen LogP contribution < -0.4 is 5.32 Å². The zero-order valence-electron chi connectivity index (χ0n) is 11.0. The monoisotopic (exact) mass is 226 g/mol. The van der Waals surface area contributed by atoms with Crippen LogP contribution in [0.1, 0.15) is 40.0 Å². The van der Waals surface area contributed by atoms with E-state index in [1.54, 1.807) is 0 Å². The molecule has 2 unspecified atom stereocenters. The Balaban J connectivity index is 1.96. The Hall–Kier alpha value is -0.120. The summed E-state index contributed by atoms with van der Waals surface area (Å²) in [6.45, 7) is 11.4. The molecule has 16 heavy (non-hydrogen) atoms. The summed E-state index contributed by atoms with van der Waals surface area (Å²) in [5, 5.41) is 3.57. The van der Waals surface area contributed by atoms with Crippen molar-refractivity contribution in [3.05, 3.63) is 0 Å². The molecule has 0 aliphatic carbocycles. The molecule has 2 saturated heterocycles. The highest BCUT2D eigenvalue weighted by Gasteiger charge is 2.32. The van der Waals surface area contributed by atoms with E-state index >= 15 is 0 Å². The third-order valence-electron chi connectivity index (χ3n) is 4.03. The van der Waals surface area contributed by atoms with Crippen LogP contribution in [-0.2, 0) is 4.74 Å². The van der Waals surface area contributed by atoms with Gasteiger partial charge in [0.25, 0.3) is 0 Å². The molecule has 0 spiro atoms. The Morgan fingerprint density at radius 3 is 2.94 bits per heavy atom. The second-order valence-electron chi connectivity index (χ2n) is 5.96. The van der Waals surface area contributed by atoms with E-state index in [0.29, 0.717) is 17.7 Å². The van der Waals surface area contributed by atoms with Gasteiger partial charge in [0, 0.05) is 31.3 Å². The first kappa shape index (κ1) is 12.3. The van der Waals surface area contributed by atoms with Crippen LogP contribution in [0, 0.1) is 0 Å². The lowest BCUT2D eigenvalue weighted by Gasteiger charge is -2.38. The van der Waals surface area contributed by atoms with Crippen molar-refractivity contribution in [2.75, 3.05) is 26.2 Å². The molecule has 2 rings (SSSR count). The summed E-state index contributed by atoms with van der Waals surface area (Å²) < 4.78 is 5.76. The normalized spacial score (nSPS) is 36.2. The molecule has 0 aromatic rings. The fraction of sp³-hybridized carbons (Fsp3) is 1.00. The van der Waals surface area contributed by atoms with Crippen molar-refractivity contribution in [1.29, 1.82) is 0 Å². The van der Waals surface area contributed by atoms with Gasteiger partial charge >= 0.3 is 0 Å². The smallest absolute Gasteiger partial charge is 0.0703 e. The summed E-state index contributed by atoms with van der Waals surface area (Å²) in [5.41, 5.74) is 0.309. The molecule has 0 radical (unpaired) electrons. The van der Waals surface area contributed by atoms with Gasteiger partial charge in [-0.05, 0) is 46.6 Å². The molecule has 94 valence electrons. The molecule has 0 aromatic carbocycles. The second-order valence-corrected chi connectivity index (χ2v) is 5.96. The van der Waals surface area contributed by atoms with Crippen molar-refractivity contribution in [3.8, 4) is 0 Å². The first-order valence-electron chi connectivity index (χ1n) is 6.68. The topological polar surface area (TPSA) is 24.5 Å². The minimum absolute atomic E-state index is 0.309. The van der Waals surface area contributed by atoms with Gasteiger partial charge in [-0.3, -0.25) is 4.90 Å². The molecule has 0 aromatic heterocycles. The molecular weight excluding hydrogens is 200 g/mol. The third-order valence-corrected chi connectivity index (χ3v) is 4.03. The Bertz CT molecular complexity index is 224. The highest BCUT2D eigenvalue weighted by molar-refractivity contribution is 4.89. The summed E-state index contributed by atoms with van der Waals surface area (Å²) in [4.78, 5) is 2.62. The van der Waals surface area contributed by atoms with Crippen LogP contribution in [0.2, 0.25) is 0 Å². The quantitative estimate of drug-likeness (QED) is 0.774. The molecule has 2 atom stereocenters. The maximum Gasteiger partial charge on any atom is 0.0703 e. The van der Waals surface area contributed by atoms with Gasteiger partial charge in [-0.2, -0.15) is 0 Å².